The van der Waals surface area contributed by atoms with Crippen LogP contribution in [0.2, 0.25) is 0 Å². The first-order valence-electron chi connectivity index (χ1n) is 8.99. The van der Waals surface area contributed by atoms with Crippen molar-refractivity contribution in [2.75, 3.05) is 26.2 Å². The summed E-state index contributed by atoms with van der Waals surface area (Å²) in [5, 5.41) is 6.33. The molecular weight excluding hydrogens is 357 g/mol. The molecule has 0 saturated carbocycles. The third-order valence-corrected chi connectivity index (χ3v) is 5.17. The standard InChI is InChI=1S/C19H29N3O.2ClH/c1-15-6-9-22(10-7-15)14-17-4-2-3-16(11-17)12-21-19(23)18-5-8-20-13-18;;/h2-4,11,15,18,20H,5-10,12-14H2,1H3,(H,21,23);2*1H. The number of benzene rings is 1. The van der Waals surface area contributed by atoms with Crippen molar-refractivity contribution in [3.05, 3.63) is 35.4 Å². The lowest BCUT2D eigenvalue weighted by Gasteiger charge is -2.30. The molecule has 1 unspecified atom stereocenters. The van der Waals surface area contributed by atoms with Gasteiger partial charge in [-0.3, -0.25) is 9.69 Å². The lowest BCUT2D eigenvalue weighted by atomic mass is 9.98. The van der Waals surface area contributed by atoms with Gasteiger partial charge in [0, 0.05) is 19.6 Å². The molecule has 0 spiro atoms. The van der Waals surface area contributed by atoms with Crippen LogP contribution < -0.4 is 10.6 Å². The number of nitrogens with one attached hydrogen (secondary N) is 2. The van der Waals surface area contributed by atoms with E-state index < -0.39 is 0 Å². The van der Waals surface area contributed by atoms with Crippen LogP contribution in [0.3, 0.4) is 0 Å². The lowest BCUT2D eigenvalue weighted by molar-refractivity contribution is -0.124. The monoisotopic (exact) mass is 387 g/mol. The average Bonchev–Trinajstić information content (AvgIpc) is 3.10. The molecule has 1 atom stereocenters. The van der Waals surface area contributed by atoms with E-state index in [0.29, 0.717) is 6.54 Å². The number of likely N-dealkylation sites (tertiary alicyclic amines) is 1. The summed E-state index contributed by atoms with van der Waals surface area (Å²) in [5.41, 5.74) is 2.56. The second-order valence-corrected chi connectivity index (χ2v) is 7.19. The Labute approximate surface area is 163 Å². The van der Waals surface area contributed by atoms with Gasteiger partial charge in [-0.1, -0.05) is 31.2 Å². The van der Waals surface area contributed by atoms with Crippen molar-refractivity contribution < 1.29 is 4.79 Å². The molecule has 142 valence electrons. The van der Waals surface area contributed by atoms with Crippen molar-refractivity contribution in [2.24, 2.45) is 11.8 Å². The van der Waals surface area contributed by atoms with Crippen molar-refractivity contribution in [1.29, 1.82) is 0 Å². The number of carbonyl (C=O) groups is 1. The summed E-state index contributed by atoms with van der Waals surface area (Å²) in [5.74, 6) is 1.21. The number of halogens is 2. The van der Waals surface area contributed by atoms with E-state index in [9.17, 15) is 4.79 Å². The summed E-state index contributed by atoms with van der Waals surface area (Å²) >= 11 is 0. The molecule has 2 aliphatic heterocycles. The Balaban J connectivity index is 0.00000156. The van der Waals surface area contributed by atoms with Gasteiger partial charge in [-0.25, -0.2) is 0 Å². The van der Waals surface area contributed by atoms with E-state index >= 15 is 0 Å². The molecule has 2 saturated heterocycles. The van der Waals surface area contributed by atoms with Gasteiger partial charge in [-0.15, -0.1) is 24.8 Å². The third kappa shape index (κ3) is 6.78. The van der Waals surface area contributed by atoms with E-state index in [1.807, 2.05) is 0 Å². The predicted octanol–water partition coefficient (Wildman–Crippen LogP) is 2.99. The predicted molar refractivity (Wildman–Crippen MR) is 107 cm³/mol. The SMILES string of the molecule is CC1CCN(Cc2cccc(CNC(=O)C3CCNC3)c2)CC1.Cl.Cl. The van der Waals surface area contributed by atoms with Gasteiger partial charge in [0.05, 0.1) is 5.92 Å². The van der Waals surface area contributed by atoms with E-state index in [4.69, 9.17) is 0 Å². The largest absolute Gasteiger partial charge is 0.352 e. The Morgan fingerprint density at radius 2 is 1.92 bits per heavy atom. The smallest absolute Gasteiger partial charge is 0.224 e. The maximum atomic E-state index is 12.1. The average molecular weight is 388 g/mol. The fraction of sp³-hybridized carbons (Fsp3) is 0.632. The van der Waals surface area contributed by atoms with Crippen molar-refractivity contribution in [3.8, 4) is 0 Å². The van der Waals surface area contributed by atoms with Crippen molar-refractivity contribution in [3.63, 3.8) is 0 Å². The highest BCUT2D eigenvalue weighted by Gasteiger charge is 2.21. The maximum absolute atomic E-state index is 12.1. The molecule has 0 aromatic heterocycles. The maximum Gasteiger partial charge on any atom is 0.224 e. The Hall–Kier alpha value is -0.810. The zero-order chi connectivity index (χ0) is 16.1. The van der Waals surface area contributed by atoms with Crippen LogP contribution in [-0.4, -0.2) is 37.0 Å². The first kappa shape index (κ1) is 22.2. The topological polar surface area (TPSA) is 44.4 Å². The summed E-state index contributed by atoms with van der Waals surface area (Å²) in [7, 11) is 0. The Morgan fingerprint density at radius 1 is 1.20 bits per heavy atom. The second kappa shape index (κ2) is 11.0. The van der Waals surface area contributed by atoms with E-state index in [2.05, 4.69) is 46.7 Å². The highest BCUT2D eigenvalue weighted by Crippen LogP contribution is 2.18. The van der Waals surface area contributed by atoms with E-state index in [1.54, 1.807) is 0 Å². The molecule has 0 radical (unpaired) electrons. The van der Waals surface area contributed by atoms with Crippen LogP contribution in [0, 0.1) is 11.8 Å². The molecule has 1 aromatic carbocycles. The van der Waals surface area contributed by atoms with Crippen LogP contribution in [0.4, 0.5) is 0 Å². The highest BCUT2D eigenvalue weighted by molar-refractivity contribution is 5.85. The van der Waals surface area contributed by atoms with Gasteiger partial charge in [-0.2, -0.15) is 0 Å². The molecule has 1 amide bonds. The summed E-state index contributed by atoms with van der Waals surface area (Å²) < 4.78 is 0. The molecular formula is C19H31Cl2N3O. The first-order chi connectivity index (χ1) is 11.2. The quantitative estimate of drug-likeness (QED) is 0.815. The van der Waals surface area contributed by atoms with E-state index in [1.165, 1.54) is 37.1 Å². The summed E-state index contributed by atoms with van der Waals surface area (Å²) in [4.78, 5) is 14.6. The van der Waals surface area contributed by atoms with Gasteiger partial charge in [0.1, 0.15) is 0 Å². The van der Waals surface area contributed by atoms with Gasteiger partial charge in [0.2, 0.25) is 5.91 Å². The van der Waals surface area contributed by atoms with Gasteiger partial charge < -0.3 is 10.6 Å². The van der Waals surface area contributed by atoms with E-state index in [0.717, 1.165) is 32.0 Å². The van der Waals surface area contributed by atoms with Crippen LogP contribution in [0.25, 0.3) is 0 Å². The highest BCUT2D eigenvalue weighted by atomic mass is 35.5. The minimum atomic E-state index is 0. The Morgan fingerprint density at radius 3 is 2.60 bits per heavy atom. The number of carbonyl (C=O) groups excluding carboxylic acids is 1. The lowest BCUT2D eigenvalue weighted by Crippen LogP contribution is -2.32. The molecule has 2 aliphatic rings. The van der Waals surface area contributed by atoms with Gasteiger partial charge in [0.15, 0.2) is 0 Å². The van der Waals surface area contributed by atoms with Crippen LogP contribution in [-0.2, 0) is 17.9 Å². The van der Waals surface area contributed by atoms with Crippen molar-refractivity contribution in [1.82, 2.24) is 15.5 Å². The molecule has 6 heteroatoms. The third-order valence-electron chi connectivity index (χ3n) is 5.17. The summed E-state index contributed by atoms with van der Waals surface area (Å²) in [6, 6.07) is 8.66. The minimum absolute atomic E-state index is 0. The summed E-state index contributed by atoms with van der Waals surface area (Å²) in [6.45, 7) is 8.21. The first-order valence-corrected chi connectivity index (χ1v) is 8.99. The van der Waals surface area contributed by atoms with Crippen LogP contribution in [0.5, 0.6) is 0 Å². The fourth-order valence-corrected chi connectivity index (χ4v) is 3.53. The zero-order valence-electron chi connectivity index (χ0n) is 15.0. The second-order valence-electron chi connectivity index (χ2n) is 7.19. The van der Waals surface area contributed by atoms with Crippen LogP contribution in [0.15, 0.2) is 24.3 Å². The molecule has 2 N–H and O–H groups in total. The number of hydrogen-bond donors (Lipinski definition) is 2. The van der Waals surface area contributed by atoms with Crippen LogP contribution in [0.1, 0.15) is 37.3 Å². The Bertz CT molecular complexity index is 527. The van der Waals surface area contributed by atoms with Gasteiger partial charge in [0.25, 0.3) is 0 Å². The van der Waals surface area contributed by atoms with E-state index in [-0.39, 0.29) is 36.6 Å². The zero-order valence-corrected chi connectivity index (χ0v) is 16.6. The number of piperidine rings is 1. The molecule has 4 nitrogen and oxygen atoms in total. The number of amides is 1. The number of nitrogens with zero attached hydrogens (tertiary/aromatic N) is 1. The fourth-order valence-electron chi connectivity index (χ4n) is 3.53. The van der Waals surface area contributed by atoms with Crippen molar-refractivity contribution >= 4 is 30.7 Å². The van der Waals surface area contributed by atoms with Crippen LogP contribution >= 0.6 is 24.8 Å². The summed E-state index contributed by atoms with van der Waals surface area (Å²) in [6.07, 6.45) is 3.58. The molecule has 0 aliphatic carbocycles. The molecule has 2 fully saturated rings. The molecule has 0 bridgehead atoms. The molecule has 25 heavy (non-hydrogen) atoms. The molecule has 1 aromatic rings. The Kier molecular flexibility index (Phi) is 9.80. The molecule has 3 rings (SSSR count). The normalized spacial score (nSPS) is 21.2. The van der Waals surface area contributed by atoms with Crippen molar-refractivity contribution in [2.45, 2.75) is 39.3 Å². The van der Waals surface area contributed by atoms with Gasteiger partial charge >= 0.3 is 0 Å². The van der Waals surface area contributed by atoms with Gasteiger partial charge in [-0.05, 0) is 55.9 Å². The minimum Gasteiger partial charge on any atom is -0.352 e. The number of rotatable bonds is 5. The number of hydrogen-bond acceptors (Lipinski definition) is 3. The molecule has 2 heterocycles.